The maximum atomic E-state index is 12.6. The zero-order valence-corrected chi connectivity index (χ0v) is 13.6. The molecule has 0 aliphatic heterocycles. The number of ether oxygens (including phenoxy) is 3. The molecule has 0 atom stereocenters. The Morgan fingerprint density at radius 2 is 1.75 bits per heavy atom. The summed E-state index contributed by atoms with van der Waals surface area (Å²) < 4.78 is 16.2. The standard InChI is InChI=1S/C14H13BrO4S/c1-17-8-4-10(15)13(11(5-8)19-3)14(16)12-6-9(18-2)7-20-12/h4-7H,1-3H3. The summed E-state index contributed by atoms with van der Waals surface area (Å²) in [4.78, 5) is 13.2. The molecule has 1 heterocycles. The van der Waals surface area contributed by atoms with Crippen LogP contribution in [0.2, 0.25) is 0 Å². The quantitative estimate of drug-likeness (QED) is 0.765. The monoisotopic (exact) mass is 356 g/mol. The molecular formula is C14H13BrO4S. The van der Waals surface area contributed by atoms with E-state index in [1.807, 2.05) is 0 Å². The number of carbonyl (C=O) groups is 1. The van der Waals surface area contributed by atoms with Crippen molar-refractivity contribution in [2.45, 2.75) is 0 Å². The number of hydrogen-bond donors (Lipinski definition) is 0. The van der Waals surface area contributed by atoms with Crippen LogP contribution in [-0.4, -0.2) is 27.1 Å². The Morgan fingerprint density at radius 1 is 1.05 bits per heavy atom. The van der Waals surface area contributed by atoms with Crippen LogP contribution < -0.4 is 14.2 Å². The van der Waals surface area contributed by atoms with Crippen LogP contribution >= 0.6 is 27.3 Å². The molecule has 106 valence electrons. The van der Waals surface area contributed by atoms with Gasteiger partial charge in [0.1, 0.15) is 17.2 Å². The van der Waals surface area contributed by atoms with E-state index in [1.54, 1.807) is 37.8 Å². The van der Waals surface area contributed by atoms with Crippen LogP contribution in [0.3, 0.4) is 0 Å². The molecule has 0 unspecified atom stereocenters. The molecule has 0 saturated carbocycles. The van der Waals surface area contributed by atoms with Crippen LogP contribution in [0.25, 0.3) is 0 Å². The molecule has 0 bridgehead atoms. The number of rotatable bonds is 5. The molecule has 0 aliphatic carbocycles. The minimum absolute atomic E-state index is 0.121. The summed E-state index contributed by atoms with van der Waals surface area (Å²) >= 11 is 4.73. The predicted octanol–water partition coefficient (Wildman–Crippen LogP) is 3.77. The Kier molecular flexibility index (Phi) is 4.67. The molecule has 20 heavy (non-hydrogen) atoms. The van der Waals surface area contributed by atoms with E-state index in [1.165, 1.54) is 18.4 Å². The van der Waals surface area contributed by atoms with E-state index in [4.69, 9.17) is 14.2 Å². The van der Waals surface area contributed by atoms with Crippen LogP contribution in [0.4, 0.5) is 0 Å². The minimum Gasteiger partial charge on any atom is -0.497 e. The molecule has 0 N–H and O–H groups in total. The van der Waals surface area contributed by atoms with Gasteiger partial charge in [-0.25, -0.2) is 0 Å². The summed E-state index contributed by atoms with van der Waals surface area (Å²) in [6, 6.07) is 5.13. The summed E-state index contributed by atoms with van der Waals surface area (Å²) in [6.45, 7) is 0. The molecular weight excluding hydrogens is 344 g/mol. The number of halogens is 1. The maximum absolute atomic E-state index is 12.6. The highest BCUT2D eigenvalue weighted by atomic mass is 79.9. The molecule has 1 aromatic carbocycles. The van der Waals surface area contributed by atoms with Gasteiger partial charge in [-0.2, -0.15) is 0 Å². The van der Waals surface area contributed by atoms with E-state index in [0.717, 1.165) is 0 Å². The normalized spacial score (nSPS) is 10.2. The third-order valence-electron chi connectivity index (χ3n) is 2.75. The first-order valence-electron chi connectivity index (χ1n) is 5.69. The average molecular weight is 357 g/mol. The van der Waals surface area contributed by atoms with Crippen LogP contribution in [0.5, 0.6) is 17.2 Å². The lowest BCUT2D eigenvalue weighted by molar-refractivity contribution is 0.103. The van der Waals surface area contributed by atoms with Crippen molar-refractivity contribution >= 4 is 33.0 Å². The Labute approximate surface area is 129 Å². The van der Waals surface area contributed by atoms with E-state index in [2.05, 4.69) is 15.9 Å². The van der Waals surface area contributed by atoms with Crippen molar-refractivity contribution in [3.63, 3.8) is 0 Å². The summed E-state index contributed by atoms with van der Waals surface area (Å²) in [5.74, 6) is 1.63. The molecule has 0 saturated heterocycles. The highest BCUT2D eigenvalue weighted by Gasteiger charge is 2.21. The zero-order chi connectivity index (χ0) is 14.7. The van der Waals surface area contributed by atoms with Crippen molar-refractivity contribution in [1.82, 2.24) is 0 Å². The van der Waals surface area contributed by atoms with Gasteiger partial charge in [-0.3, -0.25) is 4.79 Å². The molecule has 0 aliphatic rings. The van der Waals surface area contributed by atoms with Gasteiger partial charge in [0, 0.05) is 22.0 Å². The fraction of sp³-hybridized carbons (Fsp3) is 0.214. The molecule has 4 nitrogen and oxygen atoms in total. The second-order valence-electron chi connectivity index (χ2n) is 3.87. The second-order valence-corrected chi connectivity index (χ2v) is 5.63. The molecule has 0 spiro atoms. The minimum atomic E-state index is -0.121. The van der Waals surface area contributed by atoms with Gasteiger partial charge >= 0.3 is 0 Å². The molecule has 6 heteroatoms. The van der Waals surface area contributed by atoms with Crippen LogP contribution in [0.15, 0.2) is 28.1 Å². The first-order valence-corrected chi connectivity index (χ1v) is 7.36. The van der Waals surface area contributed by atoms with E-state index in [9.17, 15) is 4.79 Å². The Balaban J connectivity index is 2.48. The molecule has 1 aromatic heterocycles. The zero-order valence-electron chi connectivity index (χ0n) is 11.2. The van der Waals surface area contributed by atoms with Gasteiger partial charge in [0.05, 0.1) is 31.8 Å². The van der Waals surface area contributed by atoms with Crippen molar-refractivity contribution < 1.29 is 19.0 Å². The highest BCUT2D eigenvalue weighted by molar-refractivity contribution is 9.10. The summed E-state index contributed by atoms with van der Waals surface area (Å²) in [5.41, 5.74) is 0.470. The van der Waals surface area contributed by atoms with Crippen molar-refractivity contribution in [3.8, 4) is 17.2 Å². The maximum Gasteiger partial charge on any atom is 0.207 e. The fourth-order valence-electron chi connectivity index (χ4n) is 1.73. The summed E-state index contributed by atoms with van der Waals surface area (Å²) in [6.07, 6.45) is 0. The van der Waals surface area contributed by atoms with Gasteiger partial charge < -0.3 is 14.2 Å². The summed E-state index contributed by atoms with van der Waals surface area (Å²) in [7, 11) is 4.65. The molecule has 2 aromatic rings. The lowest BCUT2D eigenvalue weighted by atomic mass is 10.1. The fourth-order valence-corrected chi connectivity index (χ4v) is 3.13. The van der Waals surface area contributed by atoms with Crippen molar-refractivity contribution in [3.05, 3.63) is 38.5 Å². The van der Waals surface area contributed by atoms with E-state index >= 15 is 0 Å². The molecule has 2 rings (SSSR count). The SMILES string of the molecule is COc1csc(C(=O)c2c(Br)cc(OC)cc2OC)c1. The van der Waals surface area contributed by atoms with Crippen molar-refractivity contribution in [2.75, 3.05) is 21.3 Å². The number of hydrogen-bond acceptors (Lipinski definition) is 5. The van der Waals surface area contributed by atoms with Gasteiger partial charge in [0.15, 0.2) is 0 Å². The Hall–Kier alpha value is -1.53. The van der Waals surface area contributed by atoms with Gasteiger partial charge in [-0.05, 0) is 22.0 Å². The number of benzene rings is 1. The topological polar surface area (TPSA) is 44.8 Å². The van der Waals surface area contributed by atoms with Crippen molar-refractivity contribution in [1.29, 1.82) is 0 Å². The number of thiophene rings is 1. The lowest BCUT2D eigenvalue weighted by Gasteiger charge is -2.11. The second kappa shape index (κ2) is 6.28. The molecule has 0 fully saturated rings. The van der Waals surface area contributed by atoms with Gasteiger partial charge in [0.2, 0.25) is 5.78 Å². The van der Waals surface area contributed by atoms with E-state index in [0.29, 0.717) is 32.2 Å². The average Bonchev–Trinajstić information content (AvgIpc) is 2.94. The van der Waals surface area contributed by atoms with E-state index < -0.39 is 0 Å². The van der Waals surface area contributed by atoms with Gasteiger partial charge in [-0.15, -0.1) is 11.3 Å². The highest BCUT2D eigenvalue weighted by Crippen LogP contribution is 2.35. The third-order valence-corrected chi connectivity index (χ3v) is 4.28. The van der Waals surface area contributed by atoms with Gasteiger partial charge in [-0.1, -0.05) is 0 Å². The summed E-state index contributed by atoms with van der Waals surface area (Å²) in [5, 5.41) is 1.79. The Bertz CT molecular complexity index is 636. The third kappa shape index (κ3) is 2.81. The van der Waals surface area contributed by atoms with Crippen molar-refractivity contribution in [2.24, 2.45) is 0 Å². The van der Waals surface area contributed by atoms with E-state index in [-0.39, 0.29) is 5.78 Å². The van der Waals surface area contributed by atoms with Crippen LogP contribution in [0, 0.1) is 0 Å². The first-order chi connectivity index (χ1) is 9.60. The van der Waals surface area contributed by atoms with Gasteiger partial charge in [0.25, 0.3) is 0 Å². The predicted molar refractivity (Wildman–Crippen MR) is 81.5 cm³/mol. The number of carbonyl (C=O) groups excluding carboxylic acids is 1. The Morgan fingerprint density at radius 3 is 2.30 bits per heavy atom. The molecule has 0 amide bonds. The first kappa shape index (κ1) is 14.9. The largest absolute Gasteiger partial charge is 0.497 e. The molecule has 0 radical (unpaired) electrons. The lowest BCUT2D eigenvalue weighted by Crippen LogP contribution is -2.04. The van der Waals surface area contributed by atoms with Crippen LogP contribution in [0.1, 0.15) is 15.2 Å². The number of ketones is 1. The smallest absolute Gasteiger partial charge is 0.207 e. The number of methoxy groups -OCH3 is 3. The van der Waals surface area contributed by atoms with Crippen LogP contribution in [-0.2, 0) is 0 Å².